The first-order valence-corrected chi connectivity index (χ1v) is 8.51. The van der Waals surface area contributed by atoms with Crippen LogP contribution in [0.3, 0.4) is 0 Å². The number of carbonyl (C=O) groups is 2. The molecule has 0 radical (unpaired) electrons. The summed E-state index contributed by atoms with van der Waals surface area (Å²) in [4.78, 5) is 24.0. The highest BCUT2D eigenvalue weighted by Gasteiger charge is 2.17. The molecule has 0 bridgehead atoms. The zero-order valence-electron chi connectivity index (χ0n) is 17.1. The van der Waals surface area contributed by atoms with Crippen LogP contribution in [0.25, 0.3) is 0 Å². The number of aromatic carboxylic acids is 1. The third-order valence-electron chi connectivity index (χ3n) is 4.08. The molecule has 0 aliphatic rings. The van der Waals surface area contributed by atoms with Crippen LogP contribution in [0.4, 0.5) is 0 Å². The number of rotatable bonds is 9. The maximum atomic E-state index is 12.5. The minimum atomic E-state index is -1.48. The number of carbonyl (C=O) groups excluding carboxylic acids is 2. The van der Waals surface area contributed by atoms with Crippen LogP contribution in [0.1, 0.15) is 26.3 Å². The lowest BCUT2D eigenvalue weighted by molar-refractivity contribution is -0.255. The fourth-order valence-electron chi connectivity index (χ4n) is 2.70. The van der Waals surface area contributed by atoms with Gasteiger partial charge in [-0.25, -0.2) is 5.43 Å². The van der Waals surface area contributed by atoms with Crippen LogP contribution in [0, 0.1) is 0 Å². The predicted octanol–water partition coefficient (Wildman–Crippen LogP) is 0.857. The summed E-state index contributed by atoms with van der Waals surface area (Å²) in [6.07, 6.45) is 1.16. The lowest BCUT2D eigenvalue weighted by Gasteiger charge is -2.15. The summed E-state index contributed by atoms with van der Waals surface area (Å²) in [5.41, 5.74) is 2.39. The van der Waals surface area contributed by atoms with E-state index in [2.05, 4.69) is 10.5 Å². The lowest BCUT2D eigenvalue weighted by atomic mass is 10.1. The highest BCUT2D eigenvalue weighted by atomic mass is 16.5. The Morgan fingerprint density at radius 2 is 1.43 bits per heavy atom. The number of hydrazone groups is 1. The molecule has 0 aliphatic carbocycles. The van der Waals surface area contributed by atoms with Crippen LogP contribution >= 0.6 is 0 Å². The van der Waals surface area contributed by atoms with Gasteiger partial charge in [-0.2, -0.15) is 5.10 Å². The third-order valence-corrected chi connectivity index (χ3v) is 4.08. The number of hydrogen-bond donors (Lipinski definition) is 1. The molecule has 2 aromatic rings. The summed E-state index contributed by atoms with van der Waals surface area (Å²) in [5, 5.41) is 15.4. The van der Waals surface area contributed by atoms with Crippen molar-refractivity contribution in [2.24, 2.45) is 5.10 Å². The Balaban J connectivity index is 2.32. The van der Waals surface area contributed by atoms with Crippen molar-refractivity contribution in [3.8, 4) is 28.7 Å². The molecule has 2 aromatic carbocycles. The number of nitrogens with zero attached hydrogens (tertiary/aromatic N) is 1. The number of carboxylic acid groups (broad SMARTS) is 1. The van der Waals surface area contributed by atoms with Gasteiger partial charge in [-0.1, -0.05) is 0 Å². The van der Waals surface area contributed by atoms with Gasteiger partial charge in [-0.05, 0) is 24.3 Å². The van der Waals surface area contributed by atoms with Crippen molar-refractivity contribution in [2.45, 2.75) is 0 Å². The molecule has 2 rings (SSSR count). The molecular formula is C20H21N2O8-. The minimum Gasteiger partial charge on any atom is -0.545 e. The number of ether oxygens (including phenoxy) is 5. The van der Waals surface area contributed by atoms with Crippen LogP contribution in [0.2, 0.25) is 0 Å². The van der Waals surface area contributed by atoms with Crippen molar-refractivity contribution >= 4 is 18.1 Å². The maximum Gasteiger partial charge on any atom is 0.271 e. The van der Waals surface area contributed by atoms with Gasteiger partial charge in [0.1, 0.15) is 0 Å². The second-order valence-corrected chi connectivity index (χ2v) is 5.67. The largest absolute Gasteiger partial charge is 0.545 e. The van der Waals surface area contributed by atoms with Gasteiger partial charge in [0, 0.05) is 11.1 Å². The Bertz CT molecular complexity index is 947. The van der Waals surface area contributed by atoms with Gasteiger partial charge in [-0.3, -0.25) is 4.79 Å². The highest BCUT2D eigenvalue weighted by molar-refractivity contribution is 6.01. The standard InChI is InChI=1S/C20H22N2O8/c1-26-13-7-6-11(16(20(24)25)18(13)30-5)10-21-22-19(23)12-8-14(27-2)17(29-4)15(9-12)28-3/h6-10H,1-5H3,(H,22,23)(H,24,25)/p-1/b21-10+. The molecule has 30 heavy (non-hydrogen) atoms. The molecule has 10 nitrogen and oxygen atoms in total. The molecule has 0 spiro atoms. The molecule has 10 heteroatoms. The summed E-state index contributed by atoms with van der Waals surface area (Å²) >= 11 is 0. The van der Waals surface area contributed by atoms with E-state index in [1.807, 2.05) is 0 Å². The minimum absolute atomic E-state index is 0.0163. The zero-order valence-corrected chi connectivity index (χ0v) is 17.1. The Morgan fingerprint density at radius 1 is 0.867 bits per heavy atom. The van der Waals surface area contributed by atoms with Gasteiger partial charge in [0.2, 0.25) is 5.75 Å². The fraction of sp³-hybridized carbons (Fsp3) is 0.250. The maximum absolute atomic E-state index is 12.5. The van der Waals surface area contributed by atoms with Crippen molar-refractivity contribution in [1.29, 1.82) is 0 Å². The first-order chi connectivity index (χ1) is 14.4. The molecule has 0 atom stereocenters. The first kappa shape index (κ1) is 22.3. The van der Waals surface area contributed by atoms with E-state index in [1.165, 1.54) is 59.8 Å². The van der Waals surface area contributed by atoms with E-state index in [0.717, 1.165) is 6.21 Å². The number of methoxy groups -OCH3 is 5. The van der Waals surface area contributed by atoms with Crippen LogP contribution in [0.5, 0.6) is 28.7 Å². The molecule has 0 saturated carbocycles. The van der Waals surface area contributed by atoms with Gasteiger partial charge in [-0.15, -0.1) is 0 Å². The average molecular weight is 417 g/mol. The number of hydrogen-bond acceptors (Lipinski definition) is 9. The Kier molecular flexibility index (Phi) is 7.45. The van der Waals surface area contributed by atoms with Gasteiger partial charge in [0.05, 0.1) is 53.3 Å². The van der Waals surface area contributed by atoms with Gasteiger partial charge >= 0.3 is 0 Å². The molecule has 0 aromatic heterocycles. The summed E-state index contributed by atoms with van der Waals surface area (Å²) in [7, 11) is 6.98. The molecule has 0 heterocycles. The molecule has 0 aliphatic heterocycles. The second-order valence-electron chi connectivity index (χ2n) is 5.67. The van der Waals surface area contributed by atoms with Crippen molar-refractivity contribution in [3.05, 3.63) is 41.0 Å². The van der Waals surface area contributed by atoms with Gasteiger partial charge < -0.3 is 33.6 Å². The number of carboxylic acids is 1. The van der Waals surface area contributed by atoms with Crippen LogP contribution in [0.15, 0.2) is 29.4 Å². The average Bonchev–Trinajstić information content (AvgIpc) is 2.76. The van der Waals surface area contributed by atoms with E-state index >= 15 is 0 Å². The SMILES string of the molecule is COc1cc(C(=O)N/N=C/c2ccc(OC)c(OC)c2C(=O)[O-])cc(OC)c1OC. The molecule has 0 unspecified atom stereocenters. The molecule has 0 saturated heterocycles. The summed E-state index contributed by atoms with van der Waals surface area (Å²) < 4.78 is 25.8. The van der Waals surface area contributed by atoms with Crippen molar-refractivity contribution in [1.82, 2.24) is 5.43 Å². The normalized spacial score (nSPS) is 10.4. The van der Waals surface area contributed by atoms with Gasteiger partial charge in [0.25, 0.3) is 5.91 Å². The fourth-order valence-corrected chi connectivity index (χ4v) is 2.70. The van der Waals surface area contributed by atoms with Crippen molar-refractivity contribution in [2.75, 3.05) is 35.5 Å². The molecule has 0 fully saturated rings. The van der Waals surface area contributed by atoms with E-state index in [0.29, 0.717) is 17.2 Å². The number of amides is 1. The first-order valence-electron chi connectivity index (χ1n) is 8.51. The summed E-state index contributed by atoms with van der Waals surface area (Å²) in [5.74, 6) is -0.934. The zero-order chi connectivity index (χ0) is 22.3. The monoisotopic (exact) mass is 417 g/mol. The quantitative estimate of drug-likeness (QED) is 0.470. The van der Waals surface area contributed by atoms with Crippen molar-refractivity contribution in [3.63, 3.8) is 0 Å². The van der Waals surface area contributed by atoms with E-state index in [4.69, 9.17) is 23.7 Å². The summed E-state index contributed by atoms with van der Waals surface area (Å²) in [6.45, 7) is 0. The third kappa shape index (κ3) is 4.54. The Labute approximate surface area is 173 Å². The van der Waals surface area contributed by atoms with Crippen LogP contribution in [-0.4, -0.2) is 53.6 Å². The lowest BCUT2D eigenvalue weighted by Crippen LogP contribution is -2.25. The Morgan fingerprint density at radius 3 is 1.90 bits per heavy atom. The van der Waals surface area contributed by atoms with E-state index in [9.17, 15) is 14.7 Å². The summed E-state index contributed by atoms with van der Waals surface area (Å²) in [6, 6.07) is 5.86. The topological polar surface area (TPSA) is 128 Å². The van der Waals surface area contributed by atoms with Crippen LogP contribution in [-0.2, 0) is 0 Å². The molecule has 1 N–H and O–H groups in total. The van der Waals surface area contributed by atoms with E-state index in [-0.39, 0.29) is 28.2 Å². The van der Waals surface area contributed by atoms with E-state index < -0.39 is 11.9 Å². The second kappa shape index (κ2) is 10.0. The molecular weight excluding hydrogens is 396 g/mol. The molecule has 160 valence electrons. The van der Waals surface area contributed by atoms with Crippen molar-refractivity contribution < 1.29 is 38.4 Å². The molecule has 1 amide bonds. The number of benzene rings is 2. The van der Waals surface area contributed by atoms with E-state index in [1.54, 1.807) is 0 Å². The highest BCUT2D eigenvalue weighted by Crippen LogP contribution is 2.38. The van der Waals surface area contributed by atoms with Gasteiger partial charge in [0.15, 0.2) is 23.0 Å². The van der Waals surface area contributed by atoms with Crippen LogP contribution < -0.4 is 34.2 Å². The number of nitrogens with one attached hydrogen (secondary N) is 1. The predicted molar refractivity (Wildman–Crippen MR) is 105 cm³/mol. The Hall–Kier alpha value is -3.95. The smallest absolute Gasteiger partial charge is 0.271 e.